The van der Waals surface area contributed by atoms with Crippen molar-refractivity contribution in [1.29, 1.82) is 0 Å². The maximum absolute atomic E-state index is 13.2. The molecule has 0 aliphatic carbocycles. The van der Waals surface area contributed by atoms with E-state index in [1.54, 1.807) is 6.07 Å². The van der Waals surface area contributed by atoms with Gasteiger partial charge < -0.3 is 14.8 Å². The Morgan fingerprint density at radius 2 is 1.74 bits per heavy atom. The minimum Gasteiger partial charge on any atom is -0.493 e. The Balaban J connectivity index is 2.15. The van der Waals surface area contributed by atoms with Gasteiger partial charge >= 0.3 is 0 Å². The Morgan fingerprint density at radius 1 is 1.13 bits per heavy atom. The molecule has 1 aliphatic heterocycles. The number of fused-ring (bicyclic) bond motifs is 1. The van der Waals surface area contributed by atoms with Gasteiger partial charge in [-0.05, 0) is 31.6 Å². The number of hydrogen-bond acceptors (Lipinski definition) is 7. The molecule has 1 N–H and O–H groups in total. The van der Waals surface area contributed by atoms with Crippen LogP contribution in [0.4, 0.5) is 17.1 Å². The molecule has 0 unspecified atom stereocenters. The molecule has 1 heterocycles. The molecule has 0 fully saturated rings. The molecule has 0 radical (unpaired) electrons. The van der Waals surface area contributed by atoms with Crippen molar-refractivity contribution in [2.24, 2.45) is 0 Å². The Morgan fingerprint density at radius 3 is 2.32 bits per heavy atom. The van der Waals surface area contributed by atoms with E-state index in [0.717, 1.165) is 4.31 Å². The van der Waals surface area contributed by atoms with Crippen molar-refractivity contribution in [3.63, 3.8) is 0 Å². The normalized spacial score (nSPS) is 14.7. The summed E-state index contributed by atoms with van der Waals surface area (Å²) in [6.07, 6.45) is 0. The molecule has 31 heavy (non-hydrogen) atoms. The standard InChI is InChI=1S/C20H21N3O7S/c1-11-13-9-17(29-4)18(30-5)10-16(13)22(3)31(27,28)19(11)20(24)21-14-7-6-8-15(12(14)2)23(25)26/h6-10H,1-5H3,(H,21,24). The van der Waals surface area contributed by atoms with Gasteiger partial charge in [0, 0.05) is 24.7 Å². The van der Waals surface area contributed by atoms with Crippen LogP contribution in [0.3, 0.4) is 0 Å². The predicted octanol–water partition coefficient (Wildman–Crippen LogP) is 3.07. The molecule has 0 atom stereocenters. The zero-order valence-electron chi connectivity index (χ0n) is 17.5. The highest BCUT2D eigenvalue weighted by Crippen LogP contribution is 2.44. The lowest BCUT2D eigenvalue weighted by Gasteiger charge is -2.30. The molecule has 10 nitrogen and oxygen atoms in total. The summed E-state index contributed by atoms with van der Waals surface area (Å²) in [7, 11) is 0.0191. The molecule has 0 saturated carbocycles. The molecule has 2 aromatic carbocycles. The average Bonchev–Trinajstić information content (AvgIpc) is 2.72. The summed E-state index contributed by atoms with van der Waals surface area (Å²) in [6, 6.07) is 7.30. The first-order valence-corrected chi connectivity index (χ1v) is 10.5. The van der Waals surface area contributed by atoms with Crippen molar-refractivity contribution in [2.75, 3.05) is 30.9 Å². The summed E-state index contributed by atoms with van der Waals surface area (Å²) >= 11 is 0. The number of carbonyl (C=O) groups excluding carboxylic acids is 1. The maximum atomic E-state index is 13.2. The molecule has 0 saturated heterocycles. The number of benzene rings is 2. The third-order valence-electron chi connectivity index (χ3n) is 5.16. The van der Waals surface area contributed by atoms with Crippen LogP contribution >= 0.6 is 0 Å². The fourth-order valence-electron chi connectivity index (χ4n) is 3.43. The van der Waals surface area contributed by atoms with Crippen LogP contribution in [-0.2, 0) is 14.8 Å². The quantitative estimate of drug-likeness (QED) is 0.551. The Bertz CT molecular complexity index is 1240. The minimum absolute atomic E-state index is 0.149. The van der Waals surface area contributed by atoms with Crippen LogP contribution < -0.4 is 19.1 Å². The largest absolute Gasteiger partial charge is 0.493 e. The molecule has 164 valence electrons. The van der Waals surface area contributed by atoms with Gasteiger partial charge in [0.2, 0.25) is 0 Å². The Hall–Kier alpha value is -3.60. The number of nitrogens with one attached hydrogen (secondary N) is 1. The molecule has 1 aliphatic rings. The third kappa shape index (κ3) is 3.56. The molecule has 11 heteroatoms. The van der Waals surface area contributed by atoms with Gasteiger partial charge in [-0.15, -0.1) is 0 Å². The maximum Gasteiger partial charge on any atom is 0.274 e. The minimum atomic E-state index is -4.20. The molecule has 0 bridgehead atoms. The second kappa shape index (κ2) is 7.91. The number of anilines is 2. The summed E-state index contributed by atoms with van der Waals surface area (Å²) < 4.78 is 37.9. The van der Waals surface area contributed by atoms with E-state index in [1.165, 1.54) is 59.4 Å². The van der Waals surface area contributed by atoms with E-state index >= 15 is 0 Å². The number of nitrogens with zero attached hydrogens (tertiary/aromatic N) is 2. The fraction of sp³-hybridized carbons (Fsp3) is 0.250. The van der Waals surface area contributed by atoms with Gasteiger partial charge in [-0.1, -0.05) is 6.07 Å². The first kappa shape index (κ1) is 22.1. The van der Waals surface area contributed by atoms with Crippen LogP contribution in [0, 0.1) is 17.0 Å². The van der Waals surface area contributed by atoms with E-state index < -0.39 is 25.8 Å². The number of ether oxygens (including phenoxy) is 2. The van der Waals surface area contributed by atoms with Gasteiger partial charge in [0.05, 0.1) is 36.1 Å². The van der Waals surface area contributed by atoms with Gasteiger partial charge in [-0.2, -0.15) is 0 Å². The second-order valence-corrected chi connectivity index (χ2v) is 8.72. The fourth-order valence-corrected chi connectivity index (χ4v) is 4.90. The number of sulfonamides is 1. The number of hydrogen-bond donors (Lipinski definition) is 1. The number of nitro benzene ring substituents is 1. The van der Waals surface area contributed by atoms with E-state index in [1.807, 2.05) is 0 Å². The molecular formula is C20H21N3O7S. The zero-order valence-corrected chi connectivity index (χ0v) is 18.4. The summed E-state index contributed by atoms with van der Waals surface area (Å²) in [4.78, 5) is 23.2. The smallest absolute Gasteiger partial charge is 0.274 e. The van der Waals surface area contributed by atoms with Crippen molar-refractivity contribution in [3.05, 3.63) is 56.5 Å². The van der Waals surface area contributed by atoms with Gasteiger partial charge in [0.15, 0.2) is 16.4 Å². The van der Waals surface area contributed by atoms with Crippen molar-refractivity contribution in [3.8, 4) is 11.5 Å². The SMILES string of the molecule is COc1cc2c(cc1OC)N(C)S(=O)(=O)C(C(=O)Nc1cccc([N+](=O)[O-])c1C)=C2C. The molecular weight excluding hydrogens is 426 g/mol. The summed E-state index contributed by atoms with van der Waals surface area (Å²) in [6.45, 7) is 2.99. The number of rotatable bonds is 5. The van der Waals surface area contributed by atoms with E-state index in [2.05, 4.69) is 5.32 Å². The lowest BCUT2D eigenvalue weighted by Crippen LogP contribution is -2.36. The lowest BCUT2D eigenvalue weighted by molar-refractivity contribution is -0.385. The van der Waals surface area contributed by atoms with Crippen molar-refractivity contribution in [2.45, 2.75) is 13.8 Å². The monoisotopic (exact) mass is 447 g/mol. The second-order valence-electron chi connectivity index (χ2n) is 6.81. The third-order valence-corrected chi connectivity index (χ3v) is 7.09. The van der Waals surface area contributed by atoms with Crippen LogP contribution in [-0.4, -0.2) is 40.5 Å². The first-order valence-electron chi connectivity index (χ1n) is 9.06. The van der Waals surface area contributed by atoms with E-state index in [4.69, 9.17) is 9.47 Å². The van der Waals surface area contributed by atoms with Crippen molar-refractivity contribution < 1.29 is 27.6 Å². The number of allylic oxidation sites excluding steroid dienone is 1. The highest BCUT2D eigenvalue weighted by atomic mass is 32.2. The lowest BCUT2D eigenvalue weighted by atomic mass is 10.0. The number of amides is 1. The molecule has 3 rings (SSSR count). The molecule has 0 aromatic heterocycles. The van der Waals surface area contributed by atoms with Crippen LogP contribution in [0.25, 0.3) is 5.57 Å². The highest BCUT2D eigenvalue weighted by molar-refractivity contribution is 7.97. The van der Waals surface area contributed by atoms with Gasteiger partial charge in [-0.25, -0.2) is 8.42 Å². The molecule has 1 amide bonds. The van der Waals surface area contributed by atoms with Crippen LogP contribution in [0.1, 0.15) is 18.1 Å². The number of carbonyl (C=O) groups is 1. The summed E-state index contributed by atoms with van der Waals surface area (Å²) in [5.74, 6) is -0.174. The number of nitro groups is 1. The van der Waals surface area contributed by atoms with Crippen LogP contribution in [0.2, 0.25) is 0 Å². The topological polar surface area (TPSA) is 128 Å². The molecule has 0 spiro atoms. The Kier molecular flexibility index (Phi) is 5.64. The summed E-state index contributed by atoms with van der Waals surface area (Å²) in [5.41, 5.74) is 1.21. The average molecular weight is 447 g/mol. The van der Waals surface area contributed by atoms with Crippen LogP contribution in [0.15, 0.2) is 35.2 Å². The van der Waals surface area contributed by atoms with Crippen LogP contribution in [0.5, 0.6) is 11.5 Å². The van der Waals surface area contributed by atoms with Gasteiger partial charge in [0.1, 0.15) is 0 Å². The zero-order chi connectivity index (χ0) is 23.1. The van der Waals surface area contributed by atoms with Crippen molar-refractivity contribution in [1.82, 2.24) is 0 Å². The van der Waals surface area contributed by atoms with E-state index in [0.29, 0.717) is 22.7 Å². The molecule has 2 aromatic rings. The van der Waals surface area contributed by atoms with E-state index in [-0.39, 0.29) is 22.5 Å². The van der Waals surface area contributed by atoms with Gasteiger partial charge in [-0.3, -0.25) is 19.2 Å². The summed E-state index contributed by atoms with van der Waals surface area (Å²) in [5, 5.41) is 13.7. The predicted molar refractivity (Wildman–Crippen MR) is 116 cm³/mol. The Labute approximate surface area is 179 Å². The van der Waals surface area contributed by atoms with E-state index in [9.17, 15) is 23.3 Å². The number of methoxy groups -OCH3 is 2. The van der Waals surface area contributed by atoms with Gasteiger partial charge in [0.25, 0.3) is 21.6 Å². The first-order chi connectivity index (χ1) is 14.5. The highest BCUT2D eigenvalue weighted by Gasteiger charge is 2.38. The van der Waals surface area contributed by atoms with Crippen molar-refractivity contribution >= 4 is 38.6 Å².